The van der Waals surface area contributed by atoms with Gasteiger partial charge in [0.15, 0.2) is 0 Å². The van der Waals surface area contributed by atoms with Gasteiger partial charge in [-0.3, -0.25) is 9.59 Å². The van der Waals surface area contributed by atoms with E-state index in [0.29, 0.717) is 39.1 Å². The van der Waals surface area contributed by atoms with Crippen LogP contribution in [0.15, 0.2) is 42.5 Å². The summed E-state index contributed by atoms with van der Waals surface area (Å²) in [5, 5.41) is 0. The van der Waals surface area contributed by atoms with E-state index in [0.717, 1.165) is 22.5 Å². The van der Waals surface area contributed by atoms with Gasteiger partial charge in [0.25, 0.3) is 0 Å². The third-order valence-electron chi connectivity index (χ3n) is 5.41. The Bertz CT molecular complexity index is 874. The number of aryl methyl sites for hydroxylation is 2. The minimum absolute atomic E-state index is 0.0558. The standard InChI is InChI=1S/C23H28FN3O2/c1-17-4-5-18(2)22(16-17)27(19(3)28)11-10-23(29)26-14-12-25(13-15-26)21-8-6-20(24)7-9-21/h4-9,16H,10-15H2,1-3H3. The number of anilines is 2. The number of carbonyl (C=O) groups is 2. The lowest BCUT2D eigenvalue weighted by atomic mass is 10.1. The van der Waals surface area contributed by atoms with Crippen molar-refractivity contribution >= 4 is 23.2 Å². The van der Waals surface area contributed by atoms with Crippen molar-refractivity contribution in [1.82, 2.24) is 4.90 Å². The molecular formula is C23H28FN3O2. The molecule has 0 aromatic heterocycles. The molecule has 1 aliphatic heterocycles. The monoisotopic (exact) mass is 397 g/mol. The van der Waals surface area contributed by atoms with Gasteiger partial charge in [0.2, 0.25) is 11.8 Å². The van der Waals surface area contributed by atoms with Crippen molar-refractivity contribution in [2.75, 3.05) is 42.5 Å². The molecule has 5 nitrogen and oxygen atoms in total. The summed E-state index contributed by atoms with van der Waals surface area (Å²) < 4.78 is 13.1. The summed E-state index contributed by atoms with van der Waals surface area (Å²) in [6, 6.07) is 12.4. The molecule has 1 aliphatic rings. The Morgan fingerprint density at radius 3 is 2.28 bits per heavy atom. The van der Waals surface area contributed by atoms with E-state index in [9.17, 15) is 14.0 Å². The molecule has 154 valence electrons. The molecule has 3 rings (SSSR count). The normalized spacial score (nSPS) is 14.1. The molecule has 0 bridgehead atoms. The highest BCUT2D eigenvalue weighted by molar-refractivity contribution is 5.93. The van der Waals surface area contributed by atoms with Crippen molar-refractivity contribution in [3.8, 4) is 0 Å². The summed E-state index contributed by atoms with van der Waals surface area (Å²) in [5.41, 5.74) is 3.94. The van der Waals surface area contributed by atoms with E-state index >= 15 is 0 Å². The zero-order chi connectivity index (χ0) is 21.0. The van der Waals surface area contributed by atoms with Gasteiger partial charge in [0.05, 0.1) is 0 Å². The molecule has 29 heavy (non-hydrogen) atoms. The van der Waals surface area contributed by atoms with Gasteiger partial charge in [-0.15, -0.1) is 0 Å². The van der Waals surface area contributed by atoms with Crippen molar-refractivity contribution in [1.29, 1.82) is 0 Å². The molecule has 2 aromatic rings. The maximum Gasteiger partial charge on any atom is 0.224 e. The van der Waals surface area contributed by atoms with Crippen LogP contribution in [0.4, 0.5) is 15.8 Å². The number of nitrogens with zero attached hydrogens (tertiary/aromatic N) is 3. The van der Waals surface area contributed by atoms with E-state index in [1.165, 1.54) is 19.1 Å². The maximum absolute atomic E-state index is 13.1. The van der Waals surface area contributed by atoms with Gasteiger partial charge in [0, 0.05) is 57.4 Å². The minimum Gasteiger partial charge on any atom is -0.368 e. The highest BCUT2D eigenvalue weighted by atomic mass is 19.1. The van der Waals surface area contributed by atoms with Crippen LogP contribution < -0.4 is 9.80 Å². The fourth-order valence-electron chi connectivity index (χ4n) is 3.69. The second-order valence-electron chi connectivity index (χ2n) is 7.55. The van der Waals surface area contributed by atoms with Gasteiger partial charge < -0.3 is 14.7 Å². The van der Waals surface area contributed by atoms with Gasteiger partial charge in [-0.2, -0.15) is 0 Å². The van der Waals surface area contributed by atoms with E-state index in [-0.39, 0.29) is 17.6 Å². The van der Waals surface area contributed by atoms with E-state index in [4.69, 9.17) is 0 Å². The molecule has 2 amide bonds. The van der Waals surface area contributed by atoms with E-state index < -0.39 is 0 Å². The second kappa shape index (κ2) is 9.07. The SMILES string of the molecule is CC(=O)N(CCC(=O)N1CCN(c2ccc(F)cc2)CC1)c1cc(C)ccc1C. The van der Waals surface area contributed by atoms with E-state index in [2.05, 4.69) is 4.90 Å². The highest BCUT2D eigenvalue weighted by Crippen LogP contribution is 2.22. The quantitative estimate of drug-likeness (QED) is 0.775. The Morgan fingerprint density at radius 2 is 1.66 bits per heavy atom. The number of rotatable bonds is 5. The summed E-state index contributed by atoms with van der Waals surface area (Å²) in [6.45, 7) is 8.55. The predicted octanol–water partition coefficient (Wildman–Crippen LogP) is 3.53. The largest absolute Gasteiger partial charge is 0.368 e. The van der Waals surface area contributed by atoms with Crippen LogP contribution in [0.3, 0.4) is 0 Å². The van der Waals surface area contributed by atoms with E-state index in [1.54, 1.807) is 17.0 Å². The molecule has 6 heteroatoms. The van der Waals surface area contributed by atoms with Gasteiger partial charge in [-0.05, 0) is 55.3 Å². The van der Waals surface area contributed by atoms with E-state index in [1.807, 2.05) is 36.9 Å². The van der Waals surface area contributed by atoms with Crippen molar-refractivity contribution in [2.24, 2.45) is 0 Å². The predicted molar refractivity (Wildman–Crippen MR) is 114 cm³/mol. The molecule has 0 saturated carbocycles. The molecule has 1 heterocycles. The lowest BCUT2D eigenvalue weighted by molar-refractivity contribution is -0.131. The Kier molecular flexibility index (Phi) is 6.52. The first-order valence-corrected chi connectivity index (χ1v) is 9.99. The second-order valence-corrected chi connectivity index (χ2v) is 7.55. The lowest BCUT2D eigenvalue weighted by Gasteiger charge is -2.36. The Balaban J connectivity index is 1.56. The average Bonchev–Trinajstić information content (AvgIpc) is 2.71. The van der Waals surface area contributed by atoms with Gasteiger partial charge in [-0.1, -0.05) is 12.1 Å². The number of halogens is 1. The third kappa shape index (κ3) is 5.13. The molecular weight excluding hydrogens is 369 g/mol. The Morgan fingerprint density at radius 1 is 1.00 bits per heavy atom. The first-order chi connectivity index (χ1) is 13.8. The van der Waals surface area contributed by atoms with Crippen LogP contribution in [-0.2, 0) is 9.59 Å². The average molecular weight is 397 g/mol. The Hall–Kier alpha value is -2.89. The number of hydrogen-bond donors (Lipinski definition) is 0. The number of carbonyl (C=O) groups excluding carboxylic acids is 2. The molecule has 0 atom stereocenters. The van der Waals surface area contributed by atoms with Crippen LogP contribution >= 0.6 is 0 Å². The van der Waals surface area contributed by atoms with Gasteiger partial charge >= 0.3 is 0 Å². The smallest absolute Gasteiger partial charge is 0.224 e. The van der Waals surface area contributed by atoms with Crippen LogP contribution in [0, 0.1) is 19.7 Å². The number of benzene rings is 2. The number of hydrogen-bond acceptors (Lipinski definition) is 3. The third-order valence-corrected chi connectivity index (χ3v) is 5.41. The van der Waals surface area contributed by atoms with Crippen LogP contribution in [0.2, 0.25) is 0 Å². The summed E-state index contributed by atoms with van der Waals surface area (Å²) in [4.78, 5) is 30.6. The minimum atomic E-state index is -0.249. The Labute approximate surface area is 171 Å². The molecule has 0 N–H and O–H groups in total. The van der Waals surface area contributed by atoms with Crippen molar-refractivity contribution in [2.45, 2.75) is 27.2 Å². The van der Waals surface area contributed by atoms with Crippen molar-refractivity contribution < 1.29 is 14.0 Å². The summed E-state index contributed by atoms with van der Waals surface area (Å²) in [6.07, 6.45) is 0.295. The molecule has 2 aromatic carbocycles. The molecule has 0 spiro atoms. The molecule has 1 fully saturated rings. The van der Waals surface area contributed by atoms with Crippen LogP contribution in [0.5, 0.6) is 0 Å². The van der Waals surface area contributed by atoms with Crippen molar-refractivity contribution in [3.63, 3.8) is 0 Å². The zero-order valence-corrected chi connectivity index (χ0v) is 17.3. The van der Waals surface area contributed by atoms with Gasteiger partial charge in [-0.25, -0.2) is 4.39 Å². The fourth-order valence-corrected chi connectivity index (χ4v) is 3.69. The zero-order valence-electron chi connectivity index (χ0n) is 17.3. The number of amides is 2. The van der Waals surface area contributed by atoms with Crippen LogP contribution in [-0.4, -0.2) is 49.4 Å². The molecule has 0 aliphatic carbocycles. The summed E-state index contributed by atoms with van der Waals surface area (Å²) in [7, 11) is 0. The van der Waals surface area contributed by atoms with Crippen LogP contribution in [0.1, 0.15) is 24.5 Å². The summed E-state index contributed by atoms with van der Waals surface area (Å²) in [5.74, 6) is -0.255. The number of piperazine rings is 1. The first kappa shape index (κ1) is 20.8. The topological polar surface area (TPSA) is 43.9 Å². The molecule has 0 radical (unpaired) electrons. The molecule has 0 unspecified atom stereocenters. The van der Waals surface area contributed by atoms with Crippen molar-refractivity contribution in [3.05, 3.63) is 59.4 Å². The lowest BCUT2D eigenvalue weighted by Crippen LogP contribution is -2.49. The van der Waals surface area contributed by atoms with Gasteiger partial charge in [0.1, 0.15) is 5.82 Å². The fraction of sp³-hybridized carbons (Fsp3) is 0.391. The van der Waals surface area contributed by atoms with Crippen LogP contribution in [0.25, 0.3) is 0 Å². The molecule has 1 saturated heterocycles. The maximum atomic E-state index is 13.1. The first-order valence-electron chi connectivity index (χ1n) is 9.99. The summed E-state index contributed by atoms with van der Waals surface area (Å²) >= 11 is 0. The highest BCUT2D eigenvalue weighted by Gasteiger charge is 2.23.